The molecule has 0 aliphatic heterocycles. The van der Waals surface area contributed by atoms with Crippen LogP contribution in [-0.4, -0.2) is 15.8 Å². The highest BCUT2D eigenvalue weighted by Gasteiger charge is 2.11. The standard InChI is InChI=1S/C24H16N2O/c27-23(20-14-9-16-5-1-2-6-19(16)15-20)17-10-12-18(13-11-17)24-25-21-7-3-4-8-22(21)26-24/h1-15H,(H,25,26). The molecule has 5 rings (SSSR count). The summed E-state index contributed by atoms with van der Waals surface area (Å²) in [5.74, 6) is 0.831. The first-order chi connectivity index (χ1) is 13.3. The molecule has 0 aliphatic carbocycles. The molecule has 5 aromatic rings. The first-order valence-corrected chi connectivity index (χ1v) is 8.87. The molecule has 0 unspecified atom stereocenters. The molecule has 0 saturated heterocycles. The molecular weight excluding hydrogens is 332 g/mol. The molecule has 0 spiro atoms. The number of nitrogens with zero attached hydrogens (tertiary/aromatic N) is 1. The van der Waals surface area contributed by atoms with Crippen LogP contribution < -0.4 is 0 Å². The maximum Gasteiger partial charge on any atom is 0.193 e. The quantitative estimate of drug-likeness (QED) is 0.431. The second-order valence-corrected chi connectivity index (χ2v) is 6.57. The van der Waals surface area contributed by atoms with E-state index in [2.05, 4.69) is 9.97 Å². The number of para-hydroxylation sites is 2. The summed E-state index contributed by atoms with van der Waals surface area (Å²) in [5, 5.41) is 2.21. The lowest BCUT2D eigenvalue weighted by molar-refractivity contribution is 0.103. The van der Waals surface area contributed by atoms with Crippen LogP contribution in [-0.2, 0) is 0 Å². The number of carbonyl (C=O) groups is 1. The molecule has 0 saturated carbocycles. The normalized spacial score (nSPS) is 11.1. The van der Waals surface area contributed by atoms with E-state index in [-0.39, 0.29) is 5.78 Å². The van der Waals surface area contributed by atoms with Crippen molar-refractivity contribution < 1.29 is 4.79 Å². The van der Waals surface area contributed by atoms with Crippen LogP contribution >= 0.6 is 0 Å². The average molecular weight is 348 g/mol. The second-order valence-electron chi connectivity index (χ2n) is 6.57. The van der Waals surface area contributed by atoms with Gasteiger partial charge in [-0.15, -0.1) is 0 Å². The molecule has 3 heteroatoms. The van der Waals surface area contributed by atoms with Crippen molar-refractivity contribution in [3.8, 4) is 11.4 Å². The van der Waals surface area contributed by atoms with Gasteiger partial charge in [0.05, 0.1) is 11.0 Å². The van der Waals surface area contributed by atoms with E-state index in [9.17, 15) is 4.79 Å². The van der Waals surface area contributed by atoms with E-state index in [4.69, 9.17) is 0 Å². The Morgan fingerprint density at radius 2 is 1.41 bits per heavy atom. The summed E-state index contributed by atoms with van der Waals surface area (Å²) >= 11 is 0. The fourth-order valence-corrected chi connectivity index (χ4v) is 3.37. The summed E-state index contributed by atoms with van der Waals surface area (Å²) in [6.45, 7) is 0. The maximum absolute atomic E-state index is 12.9. The van der Waals surface area contributed by atoms with E-state index >= 15 is 0 Å². The first kappa shape index (κ1) is 15.5. The number of hydrogen-bond donors (Lipinski definition) is 1. The van der Waals surface area contributed by atoms with Gasteiger partial charge in [-0.3, -0.25) is 4.79 Å². The Morgan fingerprint density at radius 3 is 2.22 bits per heavy atom. The zero-order valence-electron chi connectivity index (χ0n) is 14.5. The van der Waals surface area contributed by atoms with Crippen LogP contribution in [0.3, 0.4) is 0 Å². The first-order valence-electron chi connectivity index (χ1n) is 8.87. The summed E-state index contributed by atoms with van der Waals surface area (Å²) in [6.07, 6.45) is 0. The van der Waals surface area contributed by atoms with Crippen molar-refractivity contribution in [1.82, 2.24) is 9.97 Å². The van der Waals surface area contributed by atoms with Gasteiger partial charge >= 0.3 is 0 Å². The molecule has 27 heavy (non-hydrogen) atoms. The minimum absolute atomic E-state index is 0.0249. The smallest absolute Gasteiger partial charge is 0.193 e. The number of nitrogens with one attached hydrogen (secondary N) is 1. The Labute approximate surface area is 156 Å². The number of hydrogen-bond acceptors (Lipinski definition) is 2. The molecule has 0 amide bonds. The van der Waals surface area contributed by atoms with Crippen LogP contribution in [0, 0.1) is 0 Å². The minimum atomic E-state index is 0.0249. The van der Waals surface area contributed by atoms with Gasteiger partial charge in [-0.2, -0.15) is 0 Å². The molecule has 0 atom stereocenters. The Hall–Kier alpha value is -3.72. The number of imidazole rings is 1. The number of rotatable bonds is 3. The lowest BCUT2D eigenvalue weighted by Gasteiger charge is -2.04. The molecule has 0 bridgehead atoms. The molecule has 1 N–H and O–H groups in total. The van der Waals surface area contributed by atoms with Crippen molar-refractivity contribution in [1.29, 1.82) is 0 Å². The van der Waals surface area contributed by atoms with Crippen LogP contribution in [0.4, 0.5) is 0 Å². The van der Waals surface area contributed by atoms with Crippen LogP contribution in [0.5, 0.6) is 0 Å². The third-order valence-corrected chi connectivity index (χ3v) is 4.82. The van der Waals surface area contributed by atoms with E-state index < -0.39 is 0 Å². The molecule has 128 valence electrons. The zero-order valence-corrected chi connectivity index (χ0v) is 14.5. The third kappa shape index (κ3) is 2.79. The zero-order chi connectivity index (χ0) is 18.2. The molecule has 0 aliphatic rings. The minimum Gasteiger partial charge on any atom is -0.338 e. The number of benzene rings is 4. The number of aromatic nitrogens is 2. The largest absolute Gasteiger partial charge is 0.338 e. The summed E-state index contributed by atoms with van der Waals surface area (Å²) in [6, 6.07) is 29.4. The summed E-state index contributed by atoms with van der Waals surface area (Å²) in [4.78, 5) is 20.8. The van der Waals surface area contributed by atoms with E-state index in [0.29, 0.717) is 11.1 Å². The molecule has 1 heterocycles. The summed E-state index contributed by atoms with van der Waals surface area (Å²) in [7, 11) is 0. The van der Waals surface area contributed by atoms with Crippen molar-refractivity contribution in [3.05, 3.63) is 102 Å². The number of H-pyrrole nitrogens is 1. The molecular formula is C24H16N2O. The van der Waals surface area contributed by atoms with E-state index in [1.807, 2.05) is 91.0 Å². The number of fused-ring (bicyclic) bond motifs is 2. The van der Waals surface area contributed by atoms with E-state index in [0.717, 1.165) is 33.2 Å². The highest BCUT2D eigenvalue weighted by molar-refractivity contribution is 6.10. The van der Waals surface area contributed by atoms with E-state index in [1.165, 1.54) is 0 Å². The van der Waals surface area contributed by atoms with Crippen molar-refractivity contribution in [2.75, 3.05) is 0 Å². The molecule has 0 radical (unpaired) electrons. The monoisotopic (exact) mass is 348 g/mol. The van der Waals surface area contributed by atoms with Gasteiger partial charge in [0.2, 0.25) is 0 Å². The summed E-state index contributed by atoms with van der Waals surface area (Å²) in [5.41, 5.74) is 4.27. The molecule has 1 aromatic heterocycles. The Balaban J connectivity index is 1.47. The van der Waals surface area contributed by atoms with Crippen molar-refractivity contribution in [2.24, 2.45) is 0 Å². The van der Waals surface area contributed by atoms with Gasteiger partial charge in [-0.05, 0) is 29.0 Å². The van der Waals surface area contributed by atoms with Gasteiger partial charge in [0.1, 0.15) is 5.82 Å². The number of ketones is 1. The Morgan fingerprint density at radius 1 is 0.704 bits per heavy atom. The maximum atomic E-state index is 12.9. The average Bonchev–Trinajstić information content (AvgIpc) is 3.17. The Kier molecular flexibility index (Phi) is 3.58. The van der Waals surface area contributed by atoms with Crippen molar-refractivity contribution in [3.63, 3.8) is 0 Å². The number of carbonyl (C=O) groups excluding carboxylic acids is 1. The molecule has 0 fully saturated rings. The van der Waals surface area contributed by atoms with Gasteiger partial charge < -0.3 is 4.98 Å². The molecule has 3 nitrogen and oxygen atoms in total. The van der Waals surface area contributed by atoms with Gasteiger partial charge in [0.15, 0.2) is 5.78 Å². The van der Waals surface area contributed by atoms with E-state index in [1.54, 1.807) is 0 Å². The number of aromatic amines is 1. The van der Waals surface area contributed by atoms with Crippen molar-refractivity contribution >= 4 is 27.6 Å². The van der Waals surface area contributed by atoms with Crippen LogP contribution in [0.2, 0.25) is 0 Å². The fraction of sp³-hybridized carbons (Fsp3) is 0. The summed E-state index contributed by atoms with van der Waals surface area (Å²) < 4.78 is 0. The SMILES string of the molecule is O=C(c1ccc(-c2nc3ccccc3[nH]2)cc1)c1ccc2ccccc2c1. The van der Waals surface area contributed by atoms with Gasteiger partial charge in [0.25, 0.3) is 0 Å². The predicted octanol–water partition coefficient (Wildman–Crippen LogP) is 5.61. The highest BCUT2D eigenvalue weighted by atomic mass is 16.1. The Bertz CT molecular complexity index is 1250. The third-order valence-electron chi connectivity index (χ3n) is 4.82. The predicted molar refractivity (Wildman–Crippen MR) is 109 cm³/mol. The van der Waals surface area contributed by atoms with Crippen LogP contribution in [0.1, 0.15) is 15.9 Å². The van der Waals surface area contributed by atoms with Crippen molar-refractivity contribution in [2.45, 2.75) is 0 Å². The van der Waals surface area contributed by atoms with Gasteiger partial charge in [0, 0.05) is 16.7 Å². The van der Waals surface area contributed by atoms with Crippen LogP contribution in [0.25, 0.3) is 33.2 Å². The lowest BCUT2D eigenvalue weighted by atomic mass is 9.99. The fourth-order valence-electron chi connectivity index (χ4n) is 3.37. The highest BCUT2D eigenvalue weighted by Crippen LogP contribution is 2.22. The second kappa shape index (κ2) is 6.22. The lowest BCUT2D eigenvalue weighted by Crippen LogP contribution is -2.01. The van der Waals surface area contributed by atoms with Crippen LogP contribution in [0.15, 0.2) is 91.0 Å². The van der Waals surface area contributed by atoms with Gasteiger partial charge in [-0.1, -0.05) is 72.8 Å². The molecule has 4 aromatic carbocycles. The van der Waals surface area contributed by atoms with Gasteiger partial charge in [-0.25, -0.2) is 4.98 Å². The topological polar surface area (TPSA) is 45.8 Å².